The highest BCUT2D eigenvalue weighted by molar-refractivity contribution is 5.81. The van der Waals surface area contributed by atoms with Crippen LogP contribution >= 0.6 is 0 Å². The molecule has 0 radical (unpaired) electrons. The maximum atomic E-state index is 11.9. The highest BCUT2D eigenvalue weighted by atomic mass is 16.5. The lowest BCUT2D eigenvalue weighted by Gasteiger charge is -2.35. The van der Waals surface area contributed by atoms with Crippen molar-refractivity contribution in [1.82, 2.24) is 0 Å². The van der Waals surface area contributed by atoms with E-state index in [-0.39, 0.29) is 17.8 Å². The number of rotatable bonds is 7. The molecule has 1 rings (SSSR count). The highest BCUT2D eigenvalue weighted by Gasteiger charge is 2.37. The smallest absolute Gasteiger partial charge is 0.302 e. The minimum absolute atomic E-state index is 0.124. The van der Waals surface area contributed by atoms with E-state index >= 15 is 0 Å². The Labute approximate surface area is 157 Å². The Balaban J connectivity index is 3.28. The van der Waals surface area contributed by atoms with Crippen molar-refractivity contribution < 1.29 is 19.1 Å². The first-order valence-electron chi connectivity index (χ1n) is 9.36. The summed E-state index contributed by atoms with van der Waals surface area (Å²) in [6.07, 6.45) is 10.2. The summed E-state index contributed by atoms with van der Waals surface area (Å²) in [4.78, 5) is 35.3. The van der Waals surface area contributed by atoms with Gasteiger partial charge in [0.1, 0.15) is 18.7 Å². The molecule has 0 fully saturated rings. The molecule has 0 saturated carbocycles. The van der Waals surface area contributed by atoms with E-state index in [4.69, 9.17) is 4.74 Å². The summed E-state index contributed by atoms with van der Waals surface area (Å²) in [5.74, 6) is -1.01. The molecule has 26 heavy (non-hydrogen) atoms. The van der Waals surface area contributed by atoms with E-state index in [9.17, 15) is 14.4 Å². The molecular weight excluding hydrogens is 328 g/mol. The first kappa shape index (κ1) is 22.1. The molecule has 1 unspecified atom stereocenters. The second-order valence-corrected chi connectivity index (χ2v) is 7.54. The molecule has 0 aromatic heterocycles. The van der Waals surface area contributed by atoms with Gasteiger partial charge in [0.25, 0.3) is 0 Å². The number of ether oxygens (including phenoxy) is 1. The molecule has 0 aromatic rings. The third-order valence-electron chi connectivity index (χ3n) is 5.00. The number of hydrogen-bond acceptors (Lipinski definition) is 4. The fourth-order valence-electron chi connectivity index (χ4n) is 3.70. The van der Waals surface area contributed by atoms with Crippen LogP contribution in [-0.4, -0.2) is 24.6 Å². The normalized spacial score (nSPS) is 24.7. The minimum Gasteiger partial charge on any atom is -0.462 e. The Morgan fingerprint density at radius 2 is 1.96 bits per heavy atom. The van der Waals surface area contributed by atoms with Crippen LogP contribution in [0, 0.1) is 17.8 Å². The third kappa shape index (κ3) is 6.74. The topological polar surface area (TPSA) is 60.4 Å². The SMILES string of the molecule is CC(=O)O[C@@H]1CC(C)=CCC=C(C=O)[C@H](C=O)[C@H]1C(C)CCC=C(C)C. The van der Waals surface area contributed by atoms with Crippen LogP contribution in [0.3, 0.4) is 0 Å². The maximum Gasteiger partial charge on any atom is 0.302 e. The first-order chi connectivity index (χ1) is 12.3. The number of hydrogen-bond donors (Lipinski definition) is 0. The fourth-order valence-corrected chi connectivity index (χ4v) is 3.70. The van der Waals surface area contributed by atoms with Gasteiger partial charge in [0, 0.05) is 25.2 Å². The van der Waals surface area contributed by atoms with Gasteiger partial charge < -0.3 is 9.53 Å². The van der Waals surface area contributed by atoms with Gasteiger partial charge in [-0.25, -0.2) is 0 Å². The Morgan fingerprint density at radius 1 is 1.27 bits per heavy atom. The molecular formula is C22H32O4. The summed E-state index contributed by atoms with van der Waals surface area (Å²) in [7, 11) is 0. The summed E-state index contributed by atoms with van der Waals surface area (Å²) in [5.41, 5.74) is 2.84. The van der Waals surface area contributed by atoms with E-state index in [0.717, 1.165) is 31.0 Å². The largest absolute Gasteiger partial charge is 0.462 e. The Bertz CT molecular complexity index is 593. The van der Waals surface area contributed by atoms with Gasteiger partial charge in [-0.05, 0) is 51.5 Å². The van der Waals surface area contributed by atoms with Crippen LogP contribution < -0.4 is 0 Å². The van der Waals surface area contributed by atoms with E-state index in [1.165, 1.54) is 12.5 Å². The number of carbonyl (C=O) groups excluding carboxylic acids is 3. The number of esters is 1. The number of aldehydes is 2. The second kappa shape index (κ2) is 10.9. The van der Waals surface area contributed by atoms with Gasteiger partial charge in [-0.15, -0.1) is 0 Å². The van der Waals surface area contributed by atoms with Gasteiger partial charge in [0.2, 0.25) is 0 Å². The molecule has 1 aliphatic carbocycles. The Kier molecular flexibility index (Phi) is 9.25. The average molecular weight is 360 g/mol. The molecule has 0 saturated heterocycles. The summed E-state index contributed by atoms with van der Waals surface area (Å²) in [6.45, 7) is 9.58. The monoisotopic (exact) mass is 360 g/mol. The van der Waals surface area contributed by atoms with E-state index in [1.54, 1.807) is 0 Å². The molecule has 0 spiro atoms. The van der Waals surface area contributed by atoms with Gasteiger partial charge in [-0.2, -0.15) is 0 Å². The minimum atomic E-state index is -0.558. The van der Waals surface area contributed by atoms with Gasteiger partial charge >= 0.3 is 5.97 Å². The summed E-state index contributed by atoms with van der Waals surface area (Å²) in [6, 6.07) is 0. The Morgan fingerprint density at radius 3 is 2.50 bits per heavy atom. The van der Waals surface area contributed by atoms with E-state index in [1.807, 2.05) is 19.1 Å². The van der Waals surface area contributed by atoms with Crippen molar-refractivity contribution >= 4 is 18.5 Å². The highest BCUT2D eigenvalue weighted by Crippen LogP contribution is 2.36. The molecule has 0 aliphatic heterocycles. The summed E-state index contributed by atoms with van der Waals surface area (Å²) < 4.78 is 5.64. The molecule has 0 amide bonds. The van der Waals surface area contributed by atoms with Crippen LogP contribution in [0.25, 0.3) is 0 Å². The summed E-state index contributed by atoms with van der Waals surface area (Å²) >= 11 is 0. The van der Waals surface area contributed by atoms with Crippen molar-refractivity contribution in [2.45, 2.75) is 66.4 Å². The molecule has 0 heterocycles. The lowest BCUT2D eigenvalue weighted by molar-refractivity contribution is -0.152. The first-order valence-corrected chi connectivity index (χ1v) is 9.36. The van der Waals surface area contributed by atoms with Crippen LogP contribution in [0.1, 0.15) is 60.3 Å². The molecule has 1 aliphatic rings. The van der Waals surface area contributed by atoms with Crippen molar-refractivity contribution in [1.29, 1.82) is 0 Å². The summed E-state index contributed by atoms with van der Waals surface area (Å²) in [5, 5.41) is 0. The van der Waals surface area contributed by atoms with Crippen LogP contribution in [-0.2, 0) is 19.1 Å². The third-order valence-corrected chi connectivity index (χ3v) is 5.00. The number of allylic oxidation sites excluding steroid dienone is 5. The predicted molar refractivity (Wildman–Crippen MR) is 104 cm³/mol. The van der Waals surface area contributed by atoms with Gasteiger partial charge in [-0.1, -0.05) is 36.3 Å². The van der Waals surface area contributed by atoms with Crippen molar-refractivity contribution in [3.8, 4) is 0 Å². The molecule has 4 heteroatoms. The van der Waals surface area contributed by atoms with E-state index in [0.29, 0.717) is 18.4 Å². The second-order valence-electron chi connectivity index (χ2n) is 7.54. The molecule has 4 atom stereocenters. The van der Waals surface area contributed by atoms with Crippen molar-refractivity contribution in [3.63, 3.8) is 0 Å². The fraction of sp³-hybridized carbons (Fsp3) is 0.591. The zero-order chi connectivity index (χ0) is 19.7. The van der Waals surface area contributed by atoms with Crippen molar-refractivity contribution in [2.24, 2.45) is 17.8 Å². The van der Waals surface area contributed by atoms with Gasteiger partial charge in [0.05, 0.1) is 0 Å². The lowest BCUT2D eigenvalue weighted by atomic mass is 9.73. The molecule has 0 aromatic carbocycles. The Hall–Kier alpha value is -1.97. The van der Waals surface area contributed by atoms with Crippen LogP contribution in [0.15, 0.2) is 34.9 Å². The van der Waals surface area contributed by atoms with Gasteiger partial charge in [-0.3, -0.25) is 9.59 Å². The average Bonchev–Trinajstić information content (AvgIpc) is 2.61. The zero-order valence-electron chi connectivity index (χ0n) is 16.7. The lowest BCUT2D eigenvalue weighted by Crippen LogP contribution is -2.38. The van der Waals surface area contributed by atoms with E-state index in [2.05, 4.69) is 26.8 Å². The van der Waals surface area contributed by atoms with Crippen molar-refractivity contribution in [2.75, 3.05) is 0 Å². The molecule has 144 valence electrons. The van der Waals surface area contributed by atoms with Crippen LogP contribution in [0.4, 0.5) is 0 Å². The van der Waals surface area contributed by atoms with Crippen LogP contribution in [0.2, 0.25) is 0 Å². The predicted octanol–water partition coefficient (Wildman–Crippen LogP) is 4.60. The zero-order valence-corrected chi connectivity index (χ0v) is 16.7. The maximum absolute atomic E-state index is 11.9. The molecule has 0 N–H and O–H groups in total. The van der Waals surface area contributed by atoms with Gasteiger partial charge in [0.15, 0.2) is 0 Å². The van der Waals surface area contributed by atoms with E-state index < -0.39 is 12.0 Å². The van der Waals surface area contributed by atoms with Crippen LogP contribution in [0.5, 0.6) is 0 Å². The standard InChI is InChI=1S/C22H32O4/c1-15(2)8-6-10-17(4)22-20(14-24)19(13-23)11-7-9-16(3)12-21(22)26-18(5)25/h8-9,11,13-14,17,20-22H,6-7,10,12H2,1-5H3/t17?,20-,21+,22+/m0/s1. The quantitative estimate of drug-likeness (QED) is 0.378. The van der Waals surface area contributed by atoms with Crippen molar-refractivity contribution in [3.05, 3.63) is 34.9 Å². The molecule has 4 nitrogen and oxygen atoms in total. The number of carbonyl (C=O) groups is 3. The molecule has 0 bridgehead atoms.